The van der Waals surface area contributed by atoms with Crippen molar-refractivity contribution in [3.63, 3.8) is 0 Å². The standard InChI is InChI=1S/C11H18ClN3O2S/c1-3-15-10(9-6-4-8(2)5-7-9)13-14-11(15)18(12,16)17/h8-9H,3-7H2,1-2H3. The summed E-state index contributed by atoms with van der Waals surface area (Å²) >= 11 is 0. The number of halogens is 1. The van der Waals surface area contributed by atoms with Crippen molar-refractivity contribution >= 4 is 19.7 Å². The molecule has 5 nitrogen and oxygen atoms in total. The summed E-state index contributed by atoms with van der Waals surface area (Å²) in [6.07, 6.45) is 4.40. The van der Waals surface area contributed by atoms with Crippen LogP contribution in [0.1, 0.15) is 51.3 Å². The topological polar surface area (TPSA) is 64.8 Å². The average Bonchev–Trinajstić information content (AvgIpc) is 2.73. The molecule has 0 atom stereocenters. The highest BCUT2D eigenvalue weighted by molar-refractivity contribution is 8.13. The maximum absolute atomic E-state index is 11.4. The molecule has 2 rings (SSSR count). The molecule has 0 bridgehead atoms. The minimum atomic E-state index is -3.81. The first-order valence-corrected chi connectivity index (χ1v) is 8.62. The van der Waals surface area contributed by atoms with Gasteiger partial charge in [-0.1, -0.05) is 19.8 Å². The van der Waals surface area contributed by atoms with Gasteiger partial charge in [0, 0.05) is 23.1 Å². The van der Waals surface area contributed by atoms with Gasteiger partial charge < -0.3 is 4.57 Å². The van der Waals surface area contributed by atoms with Crippen molar-refractivity contribution in [3.8, 4) is 0 Å². The van der Waals surface area contributed by atoms with E-state index >= 15 is 0 Å². The van der Waals surface area contributed by atoms with Gasteiger partial charge in [0.25, 0.3) is 14.2 Å². The van der Waals surface area contributed by atoms with Crippen molar-refractivity contribution in [1.29, 1.82) is 0 Å². The highest BCUT2D eigenvalue weighted by atomic mass is 35.7. The highest BCUT2D eigenvalue weighted by Gasteiger charge is 2.28. The van der Waals surface area contributed by atoms with Crippen LogP contribution in [0.2, 0.25) is 0 Å². The number of aromatic nitrogens is 3. The van der Waals surface area contributed by atoms with Crippen LogP contribution in [0.15, 0.2) is 5.16 Å². The van der Waals surface area contributed by atoms with Gasteiger partial charge >= 0.3 is 0 Å². The molecule has 18 heavy (non-hydrogen) atoms. The third kappa shape index (κ3) is 2.69. The molecule has 1 aliphatic rings. The minimum absolute atomic E-state index is 0.125. The van der Waals surface area contributed by atoms with Gasteiger partial charge in [0.2, 0.25) is 0 Å². The molecule has 0 radical (unpaired) electrons. The van der Waals surface area contributed by atoms with E-state index in [0.29, 0.717) is 12.5 Å². The average molecular weight is 292 g/mol. The zero-order valence-corrected chi connectivity index (χ0v) is 12.2. The second kappa shape index (κ2) is 5.17. The van der Waals surface area contributed by atoms with Crippen LogP contribution < -0.4 is 0 Å². The van der Waals surface area contributed by atoms with Crippen LogP contribution in [0, 0.1) is 5.92 Å². The van der Waals surface area contributed by atoms with Crippen LogP contribution in [-0.2, 0) is 15.6 Å². The third-order valence-corrected chi connectivity index (χ3v) is 4.81. The highest BCUT2D eigenvalue weighted by Crippen LogP contribution is 2.35. The first kappa shape index (κ1) is 13.8. The van der Waals surface area contributed by atoms with E-state index in [1.165, 1.54) is 0 Å². The second-order valence-electron chi connectivity index (χ2n) is 4.98. The van der Waals surface area contributed by atoms with E-state index < -0.39 is 9.05 Å². The molecule has 0 aliphatic heterocycles. The Morgan fingerprint density at radius 3 is 2.39 bits per heavy atom. The molecule has 7 heteroatoms. The van der Waals surface area contributed by atoms with Crippen molar-refractivity contribution < 1.29 is 8.42 Å². The molecule has 0 saturated heterocycles. The Labute approximate surface area is 112 Å². The van der Waals surface area contributed by atoms with Gasteiger partial charge in [0.05, 0.1) is 0 Å². The molecule has 1 aromatic heterocycles. The molecular formula is C11H18ClN3O2S. The summed E-state index contributed by atoms with van der Waals surface area (Å²) in [6, 6.07) is 0. The van der Waals surface area contributed by atoms with Gasteiger partial charge in [-0.15, -0.1) is 10.2 Å². The summed E-state index contributed by atoms with van der Waals surface area (Å²) in [7, 11) is 1.55. The van der Waals surface area contributed by atoms with Crippen LogP contribution >= 0.6 is 10.7 Å². The molecule has 1 aliphatic carbocycles. The largest absolute Gasteiger partial charge is 0.301 e. The Hall–Kier alpha value is -0.620. The third-order valence-electron chi connectivity index (χ3n) is 3.66. The van der Waals surface area contributed by atoms with Gasteiger partial charge in [-0.2, -0.15) is 0 Å². The van der Waals surface area contributed by atoms with Crippen LogP contribution in [-0.4, -0.2) is 23.2 Å². The first-order valence-electron chi connectivity index (χ1n) is 6.31. The lowest BCUT2D eigenvalue weighted by Crippen LogP contribution is -2.16. The van der Waals surface area contributed by atoms with Crippen molar-refractivity contribution in [2.75, 3.05) is 0 Å². The van der Waals surface area contributed by atoms with Crippen LogP contribution in [0.3, 0.4) is 0 Å². The minimum Gasteiger partial charge on any atom is -0.301 e. The van der Waals surface area contributed by atoms with Gasteiger partial charge in [0.15, 0.2) is 0 Å². The normalized spacial score (nSPS) is 25.3. The number of hydrogen-bond donors (Lipinski definition) is 0. The number of nitrogens with zero attached hydrogens (tertiary/aromatic N) is 3. The van der Waals surface area contributed by atoms with Crippen LogP contribution in [0.25, 0.3) is 0 Å². The van der Waals surface area contributed by atoms with Crippen molar-refractivity contribution in [1.82, 2.24) is 14.8 Å². The molecule has 1 fully saturated rings. The quantitative estimate of drug-likeness (QED) is 0.803. The SMILES string of the molecule is CCn1c(C2CCC(C)CC2)nnc1S(=O)(=O)Cl. The Bertz CT molecular complexity index is 518. The fourth-order valence-electron chi connectivity index (χ4n) is 2.60. The maximum atomic E-state index is 11.4. The molecule has 1 heterocycles. The molecule has 1 aromatic rings. The molecular weight excluding hydrogens is 274 g/mol. The molecule has 102 valence electrons. The lowest BCUT2D eigenvalue weighted by Gasteiger charge is -2.25. The zero-order chi connectivity index (χ0) is 13.3. The molecule has 1 saturated carbocycles. The van der Waals surface area contributed by atoms with Crippen molar-refractivity contribution in [3.05, 3.63) is 5.82 Å². The Morgan fingerprint density at radius 1 is 1.28 bits per heavy atom. The van der Waals surface area contributed by atoms with E-state index in [4.69, 9.17) is 10.7 Å². The molecule has 0 amide bonds. The fraction of sp³-hybridized carbons (Fsp3) is 0.818. The molecule has 0 spiro atoms. The summed E-state index contributed by atoms with van der Waals surface area (Å²) in [4.78, 5) is 0. The summed E-state index contributed by atoms with van der Waals surface area (Å²) in [5.74, 6) is 1.82. The van der Waals surface area contributed by atoms with Gasteiger partial charge in [-0.05, 0) is 25.7 Å². The van der Waals surface area contributed by atoms with Crippen LogP contribution in [0.5, 0.6) is 0 Å². The Morgan fingerprint density at radius 2 is 1.89 bits per heavy atom. The van der Waals surface area contributed by atoms with Gasteiger partial charge in [-0.25, -0.2) is 8.42 Å². The fourth-order valence-corrected chi connectivity index (χ4v) is 3.56. The lowest BCUT2D eigenvalue weighted by atomic mass is 9.82. The molecule has 0 unspecified atom stereocenters. The van der Waals surface area contributed by atoms with E-state index in [0.717, 1.165) is 37.4 Å². The molecule has 0 N–H and O–H groups in total. The predicted molar refractivity (Wildman–Crippen MR) is 69.1 cm³/mol. The van der Waals surface area contributed by atoms with Crippen molar-refractivity contribution in [2.24, 2.45) is 5.92 Å². The predicted octanol–water partition coefficient (Wildman–Crippen LogP) is 2.52. The van der Waals surface area contributed by atoms with Crippen LogP contribution in [0.4, 0.5) is 0 Å². The van der Waals surface area contributed by atoms with Gasteiger partial charge in [-0.3, -0.25) is 0 Å². The molecule has 0 aromatic carbocycles. The zero-order valence-electron chi connectivity index (χ0n) is 10.6. The lowest BCUT2D eigenvalue weighted by molar-refractivity contribution is 0.332. The van der Waals surface area contributed by atoms with E-state index in [9.17, 15) is 8.42 Å². The maximum Gasteiger partial charge on any atom is 0.296 e. The monoisotopic (exact) mass is 291 g/mol. The smallest absolute Gasteiger partial charge is 0.296 e. The van der Waals surface area contributed by atoms with E-state index in [-0.39, 0.29) is 5.16 Å². The number of rotatable bonds is 3. The Kier molecular flexibility index (Phi) is 3.96. The number of hydrogen-bond acceptors (Lipinski definition) is 4. The summed E-state index contributed by atoms with van der Waals surface area (Å²) in [5, 5.41) is 7.67. The van der Waals surface area contributed by atoms with E-state index in [1.54, 1.807) is 4.57 Å². The van der Waals surface area contributed by atoms with E-state index in [2.05, 4.69) is 17.1 Å². The first-order chi connectivity index (χ1) is 8.43. The Balaban J connectivity index is 2.32. The van der Waals surface area contributed by atoms with Gasteiger partial charge in [0.1, 0.15) is 5.82 Å². The van der Waals surface area contributed by atoms with E-state index in [1.807, 2.05) is 6.92 Å². The summed E-state index contributed by atoms with van der Waals surface area (Å²) in [6.45, 7) is 4.65. The summed E-state index contributed by atoms with van der Waals surface area (Å²) < 4.78 is 24.4. The second-order valence-corrected chi connectivity index (χ2v) is 7.44. The van der Waals surface area contributed by atoms with Crippen molar-refractivity contribution in [2.45, 2.75) is 57.1 Å². The summed E-state index contributed by atoms with van der Waals surface area (Å²) in [5.41, 5.74) is 0.